The van der Waals surface area contributed by atoms with Gasteiger partial charge in [0.05, 0.1) is 25.3 Å². The van der Waals surface area contributed by atoms with Crippen LogP contribution in [0.15, 0.2) is 72.8 Å². The monoisotopic (exact) mass is 442 g/mol. The minimum absolute atomic E-state index is 0.247. The van der Waals surface area contributed by atoms with Crippen LogP contribution < -0.4 is 0 Å². The van der Waals surface area contributed by atoms with Crippen molar-refractivity contribution in [2.24, 2.45) is 0 Å². The Labute approximate surface area is 193 Å². The Morgan fingerprint density at radius 1 is 0.441 bits per heavy atom. The maximum absolute atomic E-state index is 13.1. The first-order valence-electron chi connectivity index (χ1n) is 11.1. The molecule has 0 aliphatic heterocycles. The normalized spacial score (nSPS) is 12.1. The molecule has 0 aliphatic rings. The average Bonchev–Trinajstić information content (AvgIpc) is 2.87. The topological polar surface area (TPSA) is 52.6 Å². The summed E-state index contributed by atoms with van der Waals surface area (Å²) in [6.07, 6.45) is 0. The minimum atomic E-state index is -0.553. The molecule has 0 saturated heterocycles. The first-order valence-corrected chi connectivity index (χ1v) is 11.1. The number of benzene rings is 5. The molecule has 162 valence electrons. The molecule has 0 unspecified atom stereocenters. The molecule has 0 atom stereocenters. The number of methoxy groups -OCH3 is 2. The van der Waals surface area contributed by atoms with Gasteiger partial charge in [0.2, 0.25) is 0 Å². The van der Waals surface area contributed by atoms with Crippen LogP contribution in [0.5, 0.6) is 0 Å². The Morgan fingerprint density at radius 2 is 0.706 bits per heavy atom. The predicted octanol–water partition coefficient (Wildman–Crippen LogP) is 7.05. The molecule has 0 bridgehead atoms. The standard InChI is InChI=1S/C30H18O4/c1-33-29(31)27-25-13-21-17-9-5-3-7-15(17)19(21)11-23(25)24-12-20-16-8-4-6-10-18(16)22(20)14-26(24)28(27)30(32)34-2/h3-14H,1-2H3. The summed E-state index contributed by atoms with van der Waals surface area (Å²) in [5.74, 6) is -1.11. The molecule has 0 N–H and O–H groups in total. The van der Waals surface area contributed by atoms with Crippen LogP contribution in [0.3, 0.4) is 0 Å². The van der Waals surface area contributed by atoms with Gasteiger partial charge in [0.15, 0.2) is 0 Å². The molecule has 34 heavy (non-hydrogen) atoms. The van der Waals surface area contributed by atoms with E-state index in [9.17, 15) is 9.59 Å². The van der Waals surface area contributed by atoms with Gasteiger partial charge in [-0.1, -0.05) is 48.5 Å². The van der Waals surface area contributed by atoms with Gasteiger partial charge in [-0.3, -0.25) is 0 Å². The number of carbonyl (C=O) groups is 2. The second-order valence-corrected chi connectivity index (χ2v) is 8.71. The van der Waals surface area contributed by atoms with Crippen LogP contribution in [0.2, 0.25) is 0 Å². The van der Waals surface area contributed by atoms with E-state index in [-0.39, 0.29) is 11.1 Å². The number of fused-ring (bicyclic) bond motifs is 11. The third-order valence-corrected chi connectivity index (χ3v) is 7.19. The lowest BCUT2D eigenvalue weighted by atomic mass is 9.83. The quantitative estimate of drug-likeness (QED) is 0.213. The van der Waals surface area contributed by atoms with Crippen molar-refractivity contribution < 1.29 is 19.1 Å². The maximum atomic E-state index is 13.1. The summed E-state index contributed by atoms with van der Waals surface area (Å²) in [6.45, 7) is 0. The predicted molar refractivity (Wildman–Crippen MR) is 137 cm³/mol. The van der Waals surface area contributed by atoms with Crippen LogP contribution in [0.4, 0.5) is 0 Å². The van der Waals surface area contributed by atoms with Gasteiger partial charge in [-0.25, -0.2) is 9.59 Å². The van der Waals surface area contributed by atoms with Gasteiger partial charge < -0.3 is 9.47 Å². The minimum Gasteiger partial charge on any atom is -0.465 e. The van der Waals surface area contributed by atoms with Crippen molar-refractivity contribution in [3.05, 3.63) is 83.9 Å². The van der Waals surface area contributed by atoms with E-state index in [1.54, 1.807) is 0 Å². The van der Waals surface area contributed by atoms with E-state index >= 15 is 0 Å². The fraction of sp³-hybridized carbons (Fsp3) is 0.0667. The molecular formula is C30H18O4. The van der Waals surface area contributed by atoms with Crippen molar-refractivity contribution in [2.75, 3.05) is 14.2 Å². The third-order valence-electron chi connectivity index (χ3n) is 7.19. The SMILES string of the molecule is COC(=O)c1c(C(=O)OC)c2cc3c4ccccc4c3cc2c2cc3c4ccccc4c3cc12. The Kier molecular flexibility index (Phi) is 3.67. The summed E-state index contributed by atoms with van der Waals surface area (Å²) in [6, 6.07) is 24.7. The highest BCUT2D eigenvalue weighted by Gasteiger charge is 2.28. The van der Waals surface area contributed by atoms with Crippen LogP contribution in [-0.4, -0.2) is 26.2 Å². The van der Waals surface area contributed by atoms with Crippen molar-refractivity contribution in [1.29, 1.82) is 0 Å². The van der Waals surface area contributed by atoms with Crippen LogP contribution in [0, 0.1) is 0 Å². The van der Waals surface area contributed by atoms with Crippen molar-refractivity contribution in [3.63, 3.8) is 0 Å². The van der Waals surface area contributed by atoms with Gasteiger partial charge in [-0.2, -0.15) is 0 Å². The molecule has 4 heteroatoms. The second kappa shape index (κ2) is 6.55. The molecular weight excluding hydrogens is 424 g/mol. The van der Waals surface area contributed by atoms with E-state index < -0.39 is 11.9 Å². The molecule has 0 fully saturated rings. The Balaban J connectivity index is 1.75. The molecule has 0 spiro atoms. The lowest BCUT2D eigenvalue weighted by molar-refractivity contribution is 0.0559. The second-order valence-electron chi connectivity index (χ2n) is 8.71. The number of ether oxygens (including phenoxy) is 2. The van der Waals surface area contributed by atoms with Crippen molar-refractivity contribution in [3.8, 4) is 0 Å². The highest BCUT2D eigenvalue weighted by Crippen LogP contribution is 2.45. The van der Waals surface area contributed by atoms with Crippen molar-refractivity contribution in [2.45, 2.75) is 0 Å². The molecule has 0 heterocycles. The van der Waals surface area contributed by atoms with Crippen LogP contribution >= 0.6 is 0 Å². The maximum Gasteiger partial charge on any atom is 0.339 e. The molecule has 0 radical (unpaired) electrons. The van der Waals surface area contributed by atoms with E-state index in [1.807, 2.05) is 36.4 Å². The summed E-state index contributed by atoms with van der Waals surface area (Å²) in [5.41, 5.74) is 0.494. The van der Waals surface area contributed by atoms with E-state index in [1.165, 1.54) is 25.0 Å². The fourth-order valence-electron chi connectivity index (χ4n) is 5.63. The number of carbonyl (C=O) groups excluding carboxylic acids is 2. The van der Waals surface area contributed by atoms with Crippen LogP contribution in [0.1, 0.15) is 20.7 Å². The van der Waals surface area contributed by atoms with E-state index in [4.69, 9.17) is 9.47 Å². The number of esters is 2. The first-order chi connectivity index (χ1) is 16.6. The highest BCUT2D eigenvalue weighted by atomic mass is 16.5. The summed E-state index contributed by atoms with van der Waals surface area (Å²) in [5, 5.41) is 12.3. The fourth-order valence-corrected chi connectivity index (χ4v) is 5.63. The van der Waals surface area contributed by atoms with Gasteiger partial charge in [-0.05, 0) is 88.9 Å². The summed E-state index contributed by atoms with van der Waals surface area (Å²) >= 11 is 0. The zero-order valence-corrected chi connectivity index (χ0v) is 18.6. The molecule has 7 rings (SSSR count). The average molecular weight is 442 g/mol. The molecule has 7 aromatic carbocycles. The summed E-state index contributed by atoms with van der Waals surface area (Å²) in [7, 11) is 2.67. The molecule has 7 aromatic rings. The van der Waals surface area contributed by atoms with Gasteiger partial charge in [0.25, 0.3) is 0 Å². The smallest absolute Gasteiger partial charge is 0.339 e. The van der Waals surface area contributed by atoms with Crippen molar-refractivity contribution in [1.82, 2.24) is 0 Å². The number of hydrogen-bond donors (Lipinski definition) is 0. The van der Waals surface area contributed by atoms with Crippen molar-refractivity contribution >= 4 is 76.6 Å². The van der Waals surface area contributed by atoms with Gasteiger partial charge >= 0.3 is 11.9 Å². The highest BCUT2D eigenvalue weighted by molar-refractivity contribution is 6.35. The number of hydrogen-bond acceptors (Lipinski definition) is 4. The van der Waals surface area contributed by atoms with E-state index in [0.29, 0.717) is 10.8 Å². The number of rotatable bonds is 2. The lowest BCUT2D eigenvalue weighted by Crippen LogP contribution is -2.14. The van der Waals surface area contributed by atoms with E-state index in [2.05, 4.69) is 36.4 Å². The molecule has 0 saturated carbocycles. The zero-order valence-electron chi connectivity index (χ0n) is 18.6. The van der Waals surface area contributed by atoms with Gasteiger partial charge in [0.1, 0.15) is 0 Å². The molecule has 0 aromatic heterocycles. The summed E-state index contributed by atoms with van der Waals surface area (Å²) < 4.78 is 10.3. The van der Waals surface area contributed by atoms with Crippen LogP contribution in [0.25, 0.3) is 64.6 Å². The van der Waals surface area contributed by atoms with Gasteiger partial charge in [0, 0.05) is 0 Å². The summed E-state index contributed by atoms with van der Waals surface area (Å²) in [4.78, 5) is 26.2. The largest absolute Gasteiger partial charge is 0.465 e. The Bertz CT molecular complexity index is 1820. The van der Waals surface area contributed by atoms with Crippen LogP contribution in [-0.2, 0) is 9.47 Å². The molecule has 0 aliphatic carbocycles. The molecule has 4 nitrogen and oxygen atoms in total. The third kappa shape index (κ3) is 2.22. The Morgan fingerprint density at radius 3 is 1.00 bits per heavy atom. The Hall–Kier alpha value is -4.44. The molecule has 0 amide bonds. The van der Waals surface area contributed by atoms with Gasteiger partial charge in [-0.15, -0.1) is 0 Å². The first kappa shape index (κ1) is 19.1. The van der Waals surface area contributed by atoms with E-state index in [0.717, 1.165) is 43.1 Å². The zero-order chi connectivity index (χ0) is 23.1. The lowest BCUT2D eigenvalue weighted by Gasteiger charge is -2.20.